The van der Waals surface area contributed by atoms with Gasteiger partial charge in [0.15, 0.2) is 0 Å². The first-order valence-electron chi connectivity index (χ1n) is 8.95. The first-order valence-corrected chi connectivity index (χ1v) is 8.95. The second-order valence-corrected chi connectivity index (χ2v) is 7.31. The van der Waals surface area contributed by atoms with E-state index in [1.807, 2.05) is 0 Å². The topological polar surface area (TPSA) is 28.2 Å². The summed E-state index contributed by atoms with van der Waals surface area (Å²) in [6, 6.07) is 0.609. The van der Waals surface area contributed by atoms with Gasteiger partial charge in [0.2, 0.25) is 0 Å². The van der Waals surface area contributed by atoms with Crippen LogP contribution >= 0.6 is 0 Å². The van der Waals surface area contributed by atoms with Gasteiger partial charge in [-0.15, -0.1) is 0 Å². The van der Waals surface area contributed by atoms with Gasteiger partial charge in [0.1, 0.15) is 12.4 Å². The van der Waals surface area contributed by atoms with Gasteiger partial charge in [-0.1, -0.05) is 0 Å². The molecule has 5 heterocycles. The predicted molar refractivity (Wildman–Crippen MR) is 87.4 cm³/mol. The van der Waals surface area contributed by atoms with Crippen LogP contribution in [-0.4, -0.2) is 73.3 Å². The number of hydrogen-bond donors (Lipinski definition) is 0. The molecule has 5 nitrogen and oxygen atoms in total. The molecule has 0 N–H and O–H groups in total. The highest BCUT2D eigenvalue weighted by atomic mass is 16.5. The molecule has 5 heteroatoms. The van der Waals surface area contributed by atoms with Crippen LogP contribution in [0.2, 0.25) is 0 Å². The van der Waals surface area contributed by atoms with Crippen LogP contribution in [0.1, 0.15) is 12.8 Å². The van der Waals surface area contributed by atoms with Crippen LogP contribution in [0.5, 0.6) is 0 Å². The minimum absolute atomic E-state index is 0.609. The largest absolute Gasteiger partial charge is 0.485 e. The number of morpholine rings is 1. The lowest BCUT2D eigenvalue weighted by Crippen LogP contribution is -2.43. The first kappa shape index (κ1) is 13.9. The first-order chi connectivity index (χ1) is 11.4. The molecule has 0 aliphatic carbocycles. The van der Waals surface area contributed by atoms with E-state index in [1.165, 1.54) is 43.7 Å². The number of nitrogens with zero attached hydrogens (tertiary/aromatic N) is 3. The van der Waals surface area contributed by atoms with E-state index < -0.39 is 0 Å². The number of allylic oxidation sites excluding steroid dienone is 1. The number of fused-ring (bicyclic) bond motifs is 3. The fourth-order valence-corrected chi connectivity index (χ4v) is 4.63. The molecule has 5 aliphatic heterocycles. The second-order valence-electron chi connectivity index (χ2n) is 7.31. The van der Waals surface area contributed by atoms with Crippen molar-refractivity contribution in [2.24, 2.45) is 5.92 Å². The summed E-state index contributed by atoms with van der Waals surface area (Å²) >= 11 is 0. The third-order valence-corrected chi connectivity index (χ3v) is 5.88. The van der Waals surface area contributed by atoms with Crippen molar-refractivity contribution in [3.63, 3.8) is 0 Å². The van der Waals surface area contributed by atoms with Crippen molar-refractivity contribution < 1.29 is 9.47 Å². The summed E-state index contributed by atoms with van der Waals surface area (Å²) in [6.07, 6.45) is 9.47. The van der Waals surface area contributed by atoms with Crippen LogP contribution in [0.4, 0.5) is 0 Å². The summed E-state index contributed by atoms with van der Waals surface area (Å²) in [5.74, 6) is 1.95. The van der Waals surface area contributed by atoms with Gasteiger partial charge in [0.05, 0.1) is 18.9 Å². The molecule has 1 unspecified atom stereocenters. The summed E-state index contributed by atoms with van der Waals surface area (Å²) in [7, 11) is 0. The van der Waals surface area contributed by atoms with Crippen molar-refractivity contribution in [1.29, 1.82) is 0 Å². The third-order valence-electron chi connectivity index (χ3n) is 5.88. The molecule has 0 aromatic heterocycles. The molecule has 3 fully saturated rings. The Labute approximate surface area is 137 Å². The van der Waals surface area contributed by atoms with Crippen molar-refractivity contribution in [3.05, 3.63) is 35.5 Å². The number of rotatable bonds is 2. The van der Waals surface area contributed by atoms with E-state index in [4.69, 9.17) is 9.47 Å². The Morgan fingerprint density at radius 3 is 2.87 bits per heavy atom. The fraction of sp³-hybridized carbons (Fsp3) is 0.667. The monoisotopic (exact) mass is 315 g/mol. The highest BCUT2D eigenvalue weighted by Gasteiger charge is 2.36. The highest BCUT2D eigenvalue weighted by Crippen LogP contribution is 2.35. The molecule has 0 saturated carbocycles. The second kappa shape index (κ2) is 5.56. The van der Waals surface area contributed by atoms with Gasteiger partial charge < -0.3 is 24.2 Å². The molecular weight excluding hydrogens is 290 g/mol. The Kier molecular flexibility index (Phi) is 3.37. The molecule has 0 amide bonds. The molecule has 0 radical (unpaired) electrons. The molecule has 3 saturated heterocycles. The summed E-state index contributed by atoms with van der Waals surface area (Å²) < 4.78 is 11.5. The number of hydrogen-bond acceptors (Lipinski definition) is 5. The maximum Gasteiger partial charge on any atom is 0.145 e. The normalized spacial score (nSPS) is 36.2. The molecule has 23 heavy (non-hydrogen) atoms. The van der Waals surface area contributed by atoms with Crippen LogP contribution in [0, 0.1) is 5.92 Å². The Balaban J connectivity index is 1.35. The maximum atomic E-state index is 6.01. The smallest absolute Gasteiger partial charge is 0.145 e. The summed E-state index contributed by atoms with van der Waals surface area (Å²) in [5, 5.41) is 0. The summed E-state index contributed by atoms with van der Waals surface area (Å²) in [6.45, 7) is 8.11. The average Bonchev–Trinajstić information content (AvgIpc) is 3.18. The molecule has 2 bridgehead atoms. The van der Waals surface area contributed by atoms with Crippen molar-refractivity contribution in [2.45, 2.75) is 18.9 Å². The highest BCUT2D eigenvalue weighted by molar-refractivity contribution is 5.46. The standard InChI is InChI=1S/C18H25N3O2/c1-3-19-10-14(1)9-15(11-19)21-4-2-16-17(13-23-18(16)12-21)20-5-7-22-8-6-20/h2,4,12,14-15H,1,3,5-11,13H2/t14-,15-/m1/s1. The Morgan fingerprint density at radius 2 is 2.00 bits per heavy atom. The van der Waals surface area contributed by atoms with Gasteiger partial charge in [0, 0.05) is 50.2 Å². The van der Waals surface area contributed by atoms with Crippen molar-refractivity contribution in [1.82, 2.24) is 14.7 Å². The lowest BCUT2D eigenvalue weighted by molar-refractivity contribution is 0.0494. The van der Waals surface area contributed by atoms with Gasteiger partial charge >= 0.3 is 0 Å². The third kappa shape index (κ3) is 2.46. The quantitative estimate of drug-likeness (QED) is 0.767. The van der Waals surface area contributed by atoms with Gasteiger partial charge in [-0.05, 0) is 31.4 Å². The Bertz CT molecular complexity index is 565. The van der Waals surface area contributed by atoms with E-state index >= 15 is 0 Å². The van der Waals surface area contributed by atoms with Crippen molar-refractivity contribution in [2.75, 3.05) is 52.5 Å². The van der Waals surface area contributed by atoms with Crippen LogP contribution in [0.15, 0.2) is 35.5 Å². The molecule has 0 aromatic rings. The molecule has 0 aromatic carbocycles. The zero-order valence-electron chi connectivity index (χ0n) is 13.6. The SMILES string of the molecule is C1=CN([C@@H]2C[C@H]3CCN(C3)C2)C=C2OCC(N3CCOCC3)=C12. The average molecular weight is 315 g/mol. The zero-order chi connectivity index (χ0) is 15.2. The molecule has 0 spiro atoms. The Hall–Kier alpha value is -1.46. The van der Waals surface area contributed by atoms with Crippen molar-refractivity contribution in [3.8, 4) is 0 Å². The maximum absolute atomic E-state index is 6.01. The molecule has 3 atom stereocenters. The fourth-order valence-electron chi connectivity index (χ4n) is 4.63. The van der Waals surface area contributed by atoms with E-state index in [0.29, 0.717) is 12.6 Å². The lowest BCUT2D eigenvalue weighted by atomic mass is 9.95. The van der Waals surface area contributed by atoms with E-state index in [-0.39, 0.29) is 0 Å². The van der Waals surface area contributed by atoms with Gasteiger partial charge in [-0.2, -0.15) is 0 Å². The van der Waals surface area contributed by atoms with Crippen LogP contribution in [0.3, 0.4) is 0 Å². The van der Waals surface area contributed by atoms with E-state index in [1.54, 1.807) is 0 Å². The van der Waals surface area contributed by atoms with Crippen LogP contribution < -0.4 is 0 Å². The lowest BCUT2D eigenvalue weighted by Gasteiger charge is -2.37. The molecular formula is C18H25N3O2. The number of ether oxygens (including phenoxy) is 2. The summed E-state index contributed by atoms with van der Waals surface area (Å²) in [5.41, 5.74) is 2.62. The van der Waals surface area contributed by atoms with Crippen LogP contribution in [0.25, 0.3) is 0 Å². The summed E-state index contributed by atoms with van der Waals surface area (Å²) in [4.78, 5) is 7.43. The molecule has 5 aliphatic rings. The van der Waals surface area contributed by atoms with Crippen LogP contribution in [-0.2, 0) is 9.47 Å². The minimum Gasteiger partial charge on any atom is -0.485 e. The van der Waals surface area contributed by atoms with E-state index in [2.05, 4.69) is 33.2 Å². The predicted octanol–water partition coefficient (Wildman–Crippen LogP) is 1.37. The number of piperidine rings is 1. The van der Waals surface area contributed by atoms with E-state index in [9.17, 15) is 0 Å². The van der Waals surface area contributed by atoms with E-state index in [0.717, 1.165) is 38.0 Å². The van der Waals surface area contributed by atoms with Gasteiger partial charge in [-0.3, -0.25) is 0 Å². The molecule has 5 rings (SSSR count). The van der Waals surface area contributed by atoms with Gasteiger partial charge in [0.25, 0.3) is 0 Å². The van der Waals surface area contributed by atoms with Crippen molar-refractivity contribution >= 4 is 0 Å². The zero-order valence-corrected chi connectivity index (χ0v) is 13.6. The minimum atomic E-state index is 0.609. The van der Waals surface area contributed by atoms with Gasteiger partial charge in [-0.25, -0.2) is 0 Å². The molecule has 124 valence electrons. The Morgan fingerprint density at radius 1 is 1.09 bits per heavy atom.